The minimum absolute atomic E-state index is 0.252. The minimum atomic E-state index is -0.555. The van der Waals surface area contributed by atoms with Crippen LogP contribution in [-0.2, 0) is 15.0 Å². The van der Waals surface area contributed by atoms with Crippen molar-refractivity contribution in [2.24, 2.45) is 16.1 Å². The number of amidine groups is 1. The SMILES string of the molecule is CCC/C=C/c1ccc2c(c1)C1(COC(N)=N1)C1(COC1)C(C)(C)O2. The van der Waals surface area contributed by atoms with Crippen LogP contribution in [0.2, 0.25) is 0 Å². The smallest absolute Gasteiger partial charge is 0.283 e. The largest absolute Gasteiger partial charge is 0.487 e. The first kappa shape index (κ1) is 16.5. The second-order valence-corrected chi connectivity index (χ2v) is 7.73. The molecule has 0 aromatic heterocycles. The quantitative estimate of drug-likeness (QED) is 0.916. The zero-order valence-electron chi connectivity index (χ0n) is 15.2. The van der Waals surface area contributed by atoms with Gasteiger partial charge in [-0.1, -0.05) is 31.6 Å². The Bertz CT molecular complexity index is 749. The maximum absolute atomic E-state index is 6.41. The Labute approximate surface area is 148 Å². The average molecular weight is 342 g/mol. The normalized spacial score (nSPS) is 28.4. The standard InChI is InChI=1S/C20H26N2O3/c1-4-5-6-7-14-8-9-16-15(10-14)20(13-24-17(21)22-20)19(11-23-12-19)18(2,3)25-16/h6-10H,4-5,11-13H2,1-3H3,(H2,21,22)/b7-6+. The lowest BCUT2D eigenvalue weighted by molar-refractivity contribution is -0.247. The van der Waals surface area contributed by atoms with Gasteiger partial charge in [0.05, 0.1) is 18.6 Å². The molecule has 1 fully saturated rings. The first-order valence-electron chi connectivity index (χ1n) is 9.00. The molecule has 1 unspecified atom stereocenters. The number of rotatable bonds is 3. The molecule has 25 heavy (non-hydrogen) atoms. The van der Waals surface area contributed by atoms with E-state index in [1.807, 2.05) is 6.07 Å². The van der Waals surface area contributed by atoms with E-state index >= 15 is 0 Å². The van der Waals surface area contributed by atoms with Gasteiger partial charge in [0.15, 0.2) is 0 Å². The van der Waals surface area contributed by atoms with E-state index in [0.29, 0.717) is 19.8 Å². The molecule has 4 rings (SSSR count). The van der Waals surface area contributed by atoms with E-state index < -0.39 is 11.1 Å². The van der Waals surface area contributed by atoms with Crippen molar-refractivity contribution in [3.05, 3.63) is 35.4 Å². The van der Waals surface area contributed by atoms with E-state index in [9.17, 15) is 0 Å². The van der Waals surface area contributed by atoms with Crippen molar-refractivity contribution < 1.29 is 14.2 Å². The fourth-order valence-corrected chi connectivity index (χ4v) is 4.28. The molecule has 2 spiro atoms. The van der Waals surface area contributed by atoms with Crippen molar-refractivity contribution in [3.8, 4) is 5.75 Å². The van der Waals surface area contributed by atoms with Crippen LogP contribution in [0.4, 0.5) is 0 Å². The molecule has 5 nitrogen and oxygen atoms in total. The van der Waals surface area contributed by atoms with Gasteiger partial charge < -0.3 is 19.9 Å². The van der Waals surface area contributed by atoms with Crippen molar-refractivity contribution in [1.82, 2.24) is 0 Å². The van der Waals surface area contributed by atoms with Crippen LogP contribution in [0.15, 0.2) is 29.3 Å². The van der Waals surface area contributed by atoms with Gasteiger partial charge in [-0.05, 0) is 38.0 Å². The number of ether oxygens (including phenoxy) is 3. The molecule has 3 aliphatic heterocycles. The second kappa shape index (κ2) is 5.49. The lowest BCUT2D eigenvalue weighted by Crippen LogP contribution is -2.71. The Morgan fingerprint density at radius 1 is 1.24 bits per heavy atom. The summed E-state index contributed by atoms with van der Waals surface area (Å²) in [5.74, 6) is 0.859. The highest BCUT2D eigenvalue weighted by atomic mass is 16.5. The number of benzene rings is 1. The third-order valence-electron chi connectivity index (χ3n) is 5.95. The van der Waals surface area contributed by atoms with Crippen molar-refractivity contribution in [1.29, 1.82) is 0 Å². The predicted octanol–water partition coefficient (Wildman–Crippen LogP) is 3.23. The Morgan fingerprint density at radius 3 is 2.64 bits per heavy atom. The molecule has 3 heterocycles. The summed E-state index contributed by atoms with van der Waals surface area (Å²) in [6.45, 7) is 8.02. The van der Waals surface area contributed by atoms with Gasteiger partial charge in [0, 0.05) is 5.56 Å². The highest BCUT2D eigenvalue weighted by Gasteiger charge is 2.71. The molecule has 1 atom stereocenters. The zero-order chi connectivity index (χ0) is 17.7. The van der Waals surface area contributed by atoms with Gasteiger partial charge in [0.2, 0.25) is 0 Å². The van der Waals surface area contributed by atoms with Crippen LogP contribution in [0, 0.1) is 5.41 Å². The van der Waals surface area contributed by atoms with Crippen molar-refractivity contribution in [2.75, 3.05) is 19.8 Å². The first-order chi connectivity index (χ1) is 11.9. The number of hydrogen-bond donors (Lipinski definition) is 1. The van der Waals surface area contributed by atoms with E-state index in [1.165, 1.54) is 0 Å². The number of aliphatic imine (C=N–C) groups is 1. The third-order valence-corrected chi connectivity index (χ3v) is 5.95. The third kappa shape index (κ3) is 2.15. The first-order valence-corrected chi connectivity index (χ1v) is 9.00. The lowest BCUT2D eigenvalue weighted by Gasteiger charge is -2.61. The molecule has 1 saturated heterocycles. The summed E-state index contributed by atoms with van der Waals surface area (Å²) in [5.41, 5.74) is 6.90. The molecule has 134 valence electrons. The number of hydrogen-bond acceptors (Lipinski definition) is 5. The molecule has 5 heteroatoms. The van der Waals surface area contributed by atoms with Crippen LogP contribution in [-0.4, -0.2) is 31.4 Å². The lowest BCUT2D eigenvalue weighted by atomic mass is 9.55. The molecule has 0 radical (unpaired) electrons. The van der Waals surface area contributed by atoms with E-state index in [4.69, 9.17) is 24.9 Å². The van der Waals surface area contributed by atoms with Crippen LogP contribution in [0.3, 0.4) is 0 Å². The number of unbranched alkanes of at least 4 members (excludes halogenated alkanes) is 1. The van der Waals surface area contributed by atoms with Crippen LogP contribution in [0.25, 0.3) is 6.08 Å². The molecule has 1 aromatic carbocycles. The zero-order valence-corrected chi connectivity index (χ0v) is 15.2. The summed E-state index contributed by atoms with van der Waals surface area (Å²) in [6, 6.07) is 6.55. The van der Waals surface area contributed by atoms with Crippen LogP contribution in [0.5, 0.6) is 5.75 Å². The van der Waals surface area contributed by atoms with E-state index in [0.717, 1.165) is 29.7 Å². The van der Waals surface area contributed by atoms with Gasteiger partial charge >= 0.3 is 0 Å². The van der Waals surface area contributed by atoms with Gasteiger partial charge in [-0.3, -0.25) is 0 Å². The fraction of sp³-hybridized carbons (Fsp3) is 0.550. The van der Waals surface area contributed by atoms with Crippen LogP contribution < -0.4 is 10.5 Å². The Balaban J connectivity index is 1.87. The van der Waals surface area contributed by atoms with Gasteiger partial charge in [-0.2, -0.15) is 0 Å². The Kier molecular flexibility index (Phi) is 3.62. The van der Waals surface area contributed by atoms with Gasteiger partial charge in [0.25, 0.3) is 6.02 Å². The maximum Gasteiger partial charge on any atom is 0.283 e. The molecule has 2 N–H and O–H groups in total. The van der Waals surface area contributed by atoms with Crippen molar-refractivity contribution >= 4 is 12.1 Å². The molecule has 0 saturated carbocycles. The summed E-state index contributed by atoms with van der Waals surface area (Å²) in [6.07, 6.45) is 6.56. The molecule has 1 aromatic rings. The van der Waals surface area contributed by atoms with Crippen LogP contribution >= 0.6 is 0 Å². The fourth-order valence-electron chi connectivity index (χ4n) is 4.28. The van der Waals surface area contributed by atoms with Gasteiger partial charge in [0.1, 0.15) is 23.5 Å². The summed E-state index contributed by atoms with van der Waals surface area (Å²) >= 11 is 0. The summed E-state index contributed by atoms with van der Waals surface area (Å²) < 4.78 is 17.7. The van der Waals surface area contributed by atoms with E-state index in [2.05, 4.69) is 45.1 Å². The molecule has 0 aliphatic carbocycles. The van der Waals surface area contributed by atoms with Crippen LogP contribution in [0.1, 0.15) is 44.7 Å². The van der Waals surface area contributed by atoms with Gasteiger partial charge in [-0.15, -0.1) is 0 Å². The average Bonchev–Trinajstić information content (AvgIpc) is 2.89. The molecule has 3 aliphatic rings. The monoisotopic (exact) mass is 342 g/mol. The minimum Gasteiger partial charge on any atom is -0.487 e. The number of nitrogens with zero attached hydrogens (tertiary/aromatic N) is 1. The molecular formula is C20H26N2O3. The van der Waals surface area contributed by atoms with E-state index in [-0.39, 0.29) is 11.4 Å². The Hall–Kier alpha value is -2.01. The molecule has 0 amide bonds. The topological polar surface area (TPSA) is 66.1 Å². The molecular weight excluding hydrogens is 316 g/mol. The number of nitrogens with two attached hydrogens (primary N) is 1. The van der Waals surface area contributed by atoms with Crippen molar-refractivity contribution in [3.63, 3.8) is 0 Å². The highest BCUT2D eigenvalue weighted by Crippen LogP contribution is 2.62. The number of fused-ring (bicyclic) bond motifs is 3. The number of allylic oxidation sites excluding steroid dienone is 1. The summed E-state index contributed by atoms with van der Waals surface area (Å²) in [4.78, 5) is 4.82. The van der Waals surface area contributed by atoms with E-state index in [1.54, 1.807) is 0 Å². The summed E-state index contributed by atoms with van der Waals surface area (Å²) in [5, 5.41) is 0. The predicted molar refractivity (Wildman–Crippen MR) is 97.6 cm³/mol. The summed E-state index contributed by atoms with van der Waals surface area (Å²) in [7, 11) is 0. The Morgan fingerprint density at radius 2 is 2.04 bits per heavy atom. The molecule has 0 bridgehead atoms. The van der Waals surface area contributed by atoms with Crippen molar-refractivity contribution in [2.45, 2.75) is 44.8 Å². The highest BCUT2D eigenvalue weighted by molar-refractivity contribution is 5.75. The van der Waals surface area contributed by atoms with Gasteiger partial charge in [-0.25, -0.2) is 4.99 Å². The maximum atomic E-state index is 6.41. The second-order valence-electron chi connectivity index (χ2n) is 7.73.